The summed E-state index contributed by atoms with van der Waals surface area (Å²) in [6.07, 6.45) is 1.72. The molecule has 5 heteroatoms. The number of carboxylic acids is 1. The second-order valence-electron chi connectivity index (χ2n) is 4.62. The molecule has 0 fully saturated rings. The van der Waals surface area contributed by atoms with Gasteiger partial charge in [-0.2, -0.15) is 10.2 Å². The van der Waals surface area contributed by atoms with Gasteiger partial charge < -0.3 is 10.2 Å². The molecular weight excluding hydrogens is 268 g/mol. The first-order valence-corrected chi connectivity index (χ1v) is 6.67. The lowest BCUT2D eigenvalue weighted by Crippen LogP contribution is -1.93. The Morgan fingerprint density at radius 2 is 1.67 bits per heavy atom. The number of carbonyl (C=O) groups is 1. The van der Waals surface area contributed by atoms with Crippen molar-refractivity contribution in [2.75, 3.05) is 0 Å². The van der Waals surface area contributed by atoms with Gasteiger partial charge in [0, 0.05) is 0 Å². The Balaban J connectivity index is 2.17. The molecule has 0 spiro atoms. The highest BCUT2D eigenvalue weighted by Gasteiger charge is 2.03. The minimum Gasteiger partial charge on any atom is -0.508 e. The van der Waals surface area contributed by atoms with Crippen molar-refractivity contribution in [2.24, 2.45) is 10.2 Å². The van der Waals surface area contributed by atoms with Gasteiger partial charge in [0.05, 0.1) is 16.9 Å². The van der Waals surface area contributed by atoms with Crippen LogP contribution in [0.15, 0.2) is 52.7 Å². The van der Waals surface area contributed by atoms with Crippen molar-refractivity contribution < 1.29 is 15.0 Å². The molecule has 5 nitrogen and oxygen atoms in total. The molecular formula is C16H16N2O3. The van der Waals surface area contributed by atoms with Crippen LogP contribution in [0.1, 0.15) is 29.3 Å². The lowest BCUT2D eigenvalue weighted by Gasteiger charge is -2.03. The third-order valence-electron chi connectivity index (χ3n) is 2.98. The van der Waals surface area contributed by atoms with Crippen LogP contribution in [-0.4, -0.2) is 16.2 Å². The van der Waals surface area contributed by atoms with E-state index in [0.717, 1.165) is 18.4 Å². The summed E-state index contributed by atoms with van der Waals surface area (Å²) >= 11 is 0. The second-order valence-corrected chi connectivity index (χ2v) is 4.62. The summed E-state index contributed by atoms with van der Waals surface area (Å²) in [5.41, 5.74) is 2.28. The van der Waals surface area contributed by atoms with E-state index >= 15 is 0 Å². The molecule has 2 rings (SSSR count). The largest absolute Gasteiger partial charge is 0.508 e. The molecule has 0 aliphatic rings. The Morgan fingerprint density at radius 1 is 1.05 bits per heavy atom. The number of nitrogens with zero attached hydrogens (tertiary/aromatic N) is 2. The van der Waals surface area contributed by atoms with Crippen molar-refractivity contribution >= 4 is 17.3 Å². The number of aryl methyl sites for hydroxylation is 1. The van der Waals surface area contributed by atoms with Crippen LogP contribution in [0.25, 0.3) is 0 Å². The second kappa shape index (κ2) is 6.65. The molecule has 2 aromatic rings. The first-order valence-electron chi connectivity index (χ1n) is 6.67. The van der Waals surface area contributed by atoms with Crippen LogP contribution in [0, 0.1) is 0 Å². The van der Waals surface area contributed by atoms with Gasteiger partial charge in [-0.25, -0.2) is 4.79 Å². The topological polar surface area (TPSA) is 82.2 Å². The Hall–Kier alpha value is -2.69. The van der Waals surface area contributed by atoms with Crippen LogP contribution < -0.4 is 0 Å². The summed E-state index contributed by atoms with van der Waals surface area (Å²) in [6.45, 7) is 2.04. The number of carboxylic acid groups (broad SMARTS) is 1. The van der Waals surface area contributed by atoms with Crippen molar-refractivity contribution in [3.8, 4) is 5.75 Å². The van der Waals surface area contributed by atoms with Crippen molar-refractivity contribution in [2.45, 2.75) is 19.8 Å². The zero-order valence-corrected chi connectivity index (χ0v) is 11.7. The van der Waals surface area contributed by atoms with Gasteiger partial charge in [-0.05, 0) is 54.4 Å². The van der Waals surface area contributed by atoms with Crippen LogP contribution in [0.3, 0.4) is 0 Å². The van der Waals surface area contributed by atoms with Crippen molar-refractivity contribution in [3.05, 3.63) is 53.6 Å². The lowest BCUT2D eigenvalue weighted by molar-refractivity contribution is 0.0697. The maximum atomic E-state index is 10.7. The molecule has 0 bridgehead atoms. The normalized spacial score (nSPS) is 10.9. The van der Waals surface area contributed by atoms with Crippen LogP contribution in [0.2, 0.25) is 0 Å². The first kappa shape index (κ1) is 14.7. The minimum atomic E-state index is -0.971. The number of azo groups is 1. The van der Waals surface area contributed by atoms with E-state index in [1.807, 2.05) is 6.92 Å². The molecule has 108 valence electrons. The summed E-state index contributed by atoms with van der Waals surface area (Å²) in [5.74, 6) is -0.706. The Labute approximate surface area is 122 Å². The molecule has 2 aromatic carbocycles. The van der Waals surface area contributed by atoms with E-state index in [1.54, 1.807) is 30.3 Å². The first-order chi connectivity index (χ1) is 10.1. The number of rotatable bonds is 5. The summed E-state index contributed by atoms with van der Waals surface area (Å²) < 4.78 is 0. The maximum Gasteiger partial charge on any atom is 0.335 e. The summed E-state index contributed by atoms with van der Waals surface area (Å²) in [7, 11) is 0. The smallest absolute Gasteiger partial charge is 0.335 e. The third-order valence-corrected chi connectivity index (χ3v) is 2.98. The number of benzene rings is 2. The fraction of sp³-hybridized carbons (Fsp3) is 0.188. The fourth-order valence-electron chi connectivity index (χ4n) is 1.89. The number of hydrogen-bond donors (Lipinski definition) is 2. The number of hydrogen-bond acceptors (Lipinski definition) is 4. The number of aromatic carboxylic acids is 1. The fourth-order valence-corrected chi connectivity index (χ4v) is 1.89. The molecule has 0 amide bonds. The zero-order valence-electron chi connectivity index (χ0n) is 11.7. The number of phenolic OH excluding ortho intramolecular Hbond substituents is 1. The third kappa shape index (κ3) is 3.89. The maximum absolute atomic E-state index is 10.7. The minimum absolute atomic E-state index is 0.212. The summed E-state index contributed by atoms with van der Waals surface area (Å²) in [4.78, 5) is 10.7. The highest BCUT2D eigenvalue weighted by atomic mass is 16.4. The predicted octanol–water partition coefficient (Wildman–Crippen LogP) is 4.46. The van der Waals surface area contributed by atoms with Gasteiger partial charge in [0.2, 0.25) is 0 Å². The predicted molar refractivity (Wildman–Crippen MR) is 79.7 cm³/mol. The average Bonchev–Trinajstić information content (AvgIpc) is 2.48. The van der Waals surface area contributed by atoms with Crippen molar-refractivity contribution in [1.29, 1.82) is 0 Å². The molecule has 0 aliphatic carbocycles. The van der Waals surface area contributed by atoms with E-state index < -0.39 is 5.97 Å². The van der Waals surface area contributed by atoms with Crippen LogP contribution in [-0.2, 0) is 6.42 Å². The molecule has 0 saturated heterocycles. The molecule has 21 heavy (non-hydrogen) atoms. The number of phenols is 1. The Morgan fingerprint density at radius 3 is 2.29 bits per heavy atom. The van der Waals surface area contributed by atoms with Gasteiger partial charge in [0.1, 0.15) is 5.75 Å². The van der Waals surface area contributed by atoms with E-state index in [0.29, 0.717) is 11.4 Å². The van der Waals surface area contributed by atoms with E-state index in [-0.39, 0.29) is 11.3 Å². The quantitative estimate of drug-likeness (QED) is 0.795. The van der Waals surface area contributed by atoms with E-state index in [1.165, 1.54) is 12.1 Å². The Bertz CT molecular complexity index is 664. The highest BCUT2D eigenvalue weighted by molar-refractivity contribution is 5.87. The van der Waals surface area contributed by atoms with Crippen LogP contribution in [0.5, 0.6) is 5.75 Å². The number of aromatic hydroxyl groups is 1. The van der Waals surface area contributed by atoms with E-state index in [2.05, 4.69) is 10.2 Å². The molecule has 0 aliphatic heterocycles. The lowest BCUT2D eigenvalue weighted by atomic mass is 10.1. The van der Waals surface area contributed by atoms with Gasteiger partial charge in [-0.15, -0.1) is 0 Å². The van der Waals surface area contributed by atoms with Gasteiger partial charge in [0.15, 0.2) is 0 Å². The SMILES string of the molecule is CCCc1cc(N=Nc2ccc(C(=O)O)cc2)ccc1O. The van der Waals surface area contributed by atoms with Crippen molar-refractivity contribution in [1.82, 2.24) is 0 Å². The molecule has 0 unspecified atom stereocenters. The van der Waals surface area contributed by atoms with E-state index in [4.69, 9.17) is 5.11 Å². The average molecular weight is 284 g/mol. The van der Waals surface area contributed by atoms with Crippen LogP contribution in [0.4, 0.5) is 11.4 Å². The van der Waals surface area contributed by atoms with Crippen LogP contribution >= 0.6 is 0 Å². The molecule has 0 saturated carbocycles. The molecule has 2 N–H and O–H groups in total. The van der Waals surface area contributed by atoms with Crippen molar-refractivity contribution in [3.63, 3.8) is 0 Å². The molecule has 0 aromatic heterocycles. The highest BCUT2D eigenvalue weighted by Crippen LogP contribution is 2.26. The van der Waals surface area contributed by atoms with Gasteiger partial charge in [-0.1, -0.05) is 13.3 Å². The zero-order chi connectivity index (χ0) is 15.2. The molecule has 0 heterocycles. The summed E-state index contributed by atoms with van der Waals surface area (Å²) in [6, 6.07) is 11.2. The van der Waals surface area contributed by atoms with Gasteiger partial charge in [-0.3, -0.25) is 0 Å². The molecule has 0 atom stereocenters. The Kier molecular flexibility index (Phi) is 4.66. The van der Waals surface area contributed by atoms with Gasteiger partial charge in [0.25, 0.3) is 0 Å². The van der Waals surface area contributed by atoms with Gasteiger partial charge >= 0.3 is 5.97 Å². The summed E-state index contributed by atoms with van der Waals surface area (Å²) in [5, 5.41) is 26.7. The van der Waals surface area contributed by atoms with E-state index in [9.17, 15) is 9.90 Å². The molecule has 0 radical (unpaired) electrons. The monoisotopic (exact) mass is 284 g/mol. The standard InChI is InChI=1S/C16H16N2O3/c1-2-3-12-10-14(8-9-15(12)19)18-17-13-6-4-11(5-7-13)16(20)21/h4-10,19H,2-3H2,1H3,(H,20,21).